The molecule has 2 N–H and O–H groups in total. The molecule has 0 aliphatic carbocycles. The Bertz CT molecular complexity index is 1200. The van der Waals surface area contributed by atoms with Gasteiger partial charge < -0.3 is 24.6 Å². The number of aryl methyl sites for hydroxylation is 1. The highest BCUT2D eigenvalue weighted by Crippen LogP contribution is 2.28. The van der Waals surface area contributed by atoms with Crippen molar-refractivity contribution in [1.29, 1.82) is 0 Å². The summed E-state index contributed by atoms with van der Waals surface area (Å²) in [7, 11) is 0. The van der Waals surface area contributed by atoms with Crippen molar-refractivity contribution in [3.8, 4) is 16.3 Å². The van der Waals surface area contributed by atoms with Crippen LogP contribution < -0.4 is 10.1 Å². The molecule has 4 heterocycles. The fraction of sp³-hybridized carbons (Fsp3) is 0.562. The summed E-state index contributed by atoms with van der Waals surface area (Å²) in [6.45, 7) is 13.4. The summed E-state index contributed by atoms with van der Waals surface area (Å²) in [6, 6.07) is 9.99. The van der Waals surface area contributed by atoms with Gasteiger partial charge in [-0.3, -0.25) is 14.5 Å². The second-order valence-corrected chi connectivity index (χ2v) is 12.2. The third-order valence-electron chi connectivity index (χ3n) is 7.36. The van der Waals surface area contributed by atoms with Crippen molar-refractivity contribution in [2.75, 3.05) is 39.3 Å². The Balaban J connectivity index is 0.000000180. The Kier molecular flexibility index (Phi) is 14.6. The lowest BCUT2D eigenvalue weighted by Gasteiger charge is -2.25. The molecule has 2 aromatic heterocycles. The molecule has 0 saturated carbocycles. The van der Waals surface area contributed by atoms with E-state index in [9.17, 15) is 14.7 Å². The van der Waals surface area contributed by atoms with Crippen LogP contribution in [-0.4, -0.2) is 82.8 Å². The third kappa shape index (κ3) is 12.1. The van der Waals surface area contributed by atoms with E-state index >= 15 is 0 Å². The number of amides is 2. The number of piperidine rings is 1. The van der Waals surface area contributed by atoms with Gasteiger partial charge in [0.25, 0.3) is 5.88 Å². The number of carbonyl (C=O) groups excluding carboxylic acids is 2. The summed E-state index contributed by atoms with van der Waals surface area (Å²) in [5.41, 5.74) is 5.19. The fourth-order valence-electron chi connectivity index (χ4n) is 4.89. The van der Waals surface area contributed by atoms with E-state index in [4.69, 9.17) is 4.74 Å². The van der Waals surface area contributed by atoms with Crippen LogP contribution in [0.2, 0.25) is 0 Å². The topological polar surface area (TPSA) is 121 Å². The molecule has 2 fully saturated rings. The summed E-state index contributed by atoms with van der Waals surface area (Å²) in [5.74, 6) is 1.18. The van der Waals surface area contributed by atoms with Crippen molar-refractivity contribution in [3.63, 3.8) is 0 Å². The molecule has 0 bridgehead atoms. The van der Waals surface area contributed by atoms with E-state index in [1.54, 1.807) is 22.3 Å². The number of aromatic nitrogens is 2. The number of ether oxygens (including phenoxy) is 1. The number of thiazole rings is 1. The van der Waals surface area contributed by atoms with Gasteiger partial charge in [-0.15, -0.1) is 11.3 Å². The maximum atomic E-state index is 11.4. The van der Waals surface area contributed by atoms with Gasteiger partial charge in [0.1, 0.15) is 12.9 Å². The van der Waals surface area contributed by atoms with Gasteiger partial charge in [0, 0.05) is 32.1 Å². The number of nitrogens with one attached hydrogen (secondary N) is 1. The number of hydrogen-bond donors (Lipinski definition) is 2. The van der Waals surface area contributed by atoms with Crippen LogP contribution in [0.3, 0.4) is 0 Å². The van der Waals surface area contributed by atoms with Crippen LogP contribution in [-0.2, 0) is 9.59 Å². The lowest BCUT2D eigenvalue weighted by atomic mass is 10.1. The molecule has 1 unspecified atom stereocenters. The van der Waals surface area contributed by atoms with Gasteiger partial charge in [-0.1, -0.05) is 44.5 Å². The number of benzene rings is 1. The zero-order valence-electron chi connectivity index (χ0n) is 25.9. The van der Waals surface area contributed by atoms with Crippen molar-refractivity contribution < 1.29 is 24.0 Å². The van der Waals surface area contributed by atoms with Crippen molar-refractivity contribution in [1.82, 2.24) is 25.3 Å². The molecule has 43 heavy (non-hydrogen) atoms. The summed E-state index contributed by atoms with van der Waals surface area (Å²) >= 11 is 1.64. The van der Waals surface area contributed by atoms with Gasteiger partial charge in [0.2, 0.25) is 12.3 Å². The Morgan fingerprint density at radius 1 is 1.16 bits per heavy atom. The molecule has 2 aliphatic rings. The predicted molar refractivity (Wildman–Crippen MR) is 169 cm³/mol. The fourth-order valence-corrected chi connectivity index (χ4v) is 5.70. The average molecular weight is 614 g/mol. The quantitative estimate of drug-likeness (QED) is 0.304. The SMILES string of the molecule is CC(C)CC(=O)N1CCC(O)C1.Cc1ncsc1-c1ccc([C@H](C)NC=O)cc1.c1cc(OCCN2CCCCC2)no1. The Labute approximate surface area is 259 Å². The van der Waals surface area contributed by atoms with E-state index in [1.807, 2.05) is 45.3 Å². The Hall–Kier alpha value is -3.28. The minimum Gasteiger partial charge on any atom is -0.474 e. The van der Waals surface area contributed by atoms with Gasteiger partial charge in [0.15, 0.2) is 0 Å². The maximum Gasteiger partial charge on any atom is 0.254 e. The molecule has 236 valence electrons. The highest BCUT2D eigenvalue weighted by atomic mass is 32.1. The first-order chi connectivity index (χ1) is 20.8. The van der Waals surface area contributed by atoms with E-state index in [1.165, 1.54) is 49.1 Å². The standard InChI is InChI=1S/C13H14N2OS.C10H16N2O2.C9H17NO2/c1-9(14-7-16)11-3-5-12(6-4-11)13-10(2)15-8-17-13;1-2-5-12(6-3-1)7-9-13-10-4-8-14-11-10;1-7(2)5-9(12)10-4-3-8(11)6-10/h3-9H,1-2H3,(H,14,16);4,8H,1-3,5-7,9H2;7-8,11H,3-6H2,1-2H3/t9-;;/m0../s1. The van der Waals surface area contributed by atoms with Crippen molar-refractivity contribution in [2.24, 2.45) is 5.92 Å². The van der Waals surface area contributed by atoms with Crippen LogP contribution in [0.15, 0.2) is 46.6 Å². The molecule has 2 aliphatic heterocycles. The second kappa shape index (κ2) is 18.4. The second-order valence-electron chi connectivity index (χ2n) is 11.4. The van der Waals surface area contributed by atoms with E-state index in [2.05, 4.69) is 37.0 Å². The van der Waals surface area contributed by atoms with Gasteiger partial charge in [0.05, 0.1) is 28.2 Å². The third-order valence-corrected chi connectivity index (χ3v) is 8.33. The highest BCUT2D eigenvalue weighted by Gasteiger charge is 2.24. The number of aliphatic hydroxyl groups is 1. The molecule has 1 aromatic carbocycles. The number of aliphatic hydroxyl groups excluding tert-OH is 1. The number of carbonyl (C=O) groups is 2. The van der Waals surface area contributed by atoms with E-state index in [-0.39, 0.29) is 18.1 Å². The molecular formula is C32H47N5O5S. The number of likely N-dealkylation sites (tertiary alicyclic amines) is 2. The molecule has 0 spiro atoms. The molecule has 2 saturated heterocycles. The van der Waals surface area contributed by atoms with Crippen LogP contribution in [0, 0.1) is 12.8 Å². The van der Waals surface area contributed by atoms with Crippen molar-refractivity contribution >= 4 is 23.7 Å². The zero-order valence-corrected chi connectivity index (χ0v) is 26.7. The Morgan fingerprint density at radius 3 is 2.47 bits per heavy atom. The first-order valence-electron chi connectivity index (χ1n) is 15.2. The molecule has 2 amide bonds. The first kappa shape index (κ1) is 34.2. The summed E-state index contributed by atoms with van der Waals surface area (Å²) in [5, 5.41) is 15.6. The average Bonchev–Trinajstić information content (AvgIpc) is 3.77. The molecule has 10 nitrogen and oxygen atoms in total. The van der Waals surface area contributed by atoms with Crippen LogP contribution >= 0.6 is 11.3 Å². The number of nitrogens with zero attached hydrogens (tertiary/aromatic N) is 4. The van der Waals surface area contributed by atoms with Gasteiger partial charge >= 0.3 is 0 Å². The highest BCUT2D eigenvalue weighted by molar-refractivity contribution is 7.13. The predicted octanol–water partition coefficient (Wildman–Crippen LogP) is 5.09. The lowest BCUT2D eigenvalue weighted by molar-refractivity contribution is -0.131. The molecule has 11 heteroatoms. The van der Waals surface area contributed by atoms with Gasteiger partial charge in [-0.2, -0.15) is 0 Å². The summed E-state index contributed by atoms with van der Waals surface area (Å²) < 4.78 is 10.1. The number of β-amino-alcohol motifs (C(OH)–C–C–N with tert-alkyl or cyclic N) is 1. The zero-order chi connectivity index (χ0) is 31.0. The molecule has 2 atom stereocenters. The summed E-state index contributed by atoms with van der Waals surface area (Å²) in [6.07, 6.45) is 7.33. The van der Waals surface area contributed by atoms with Crippen LogP contribution in [0.25, 0.3) is 10.4 Å². The molecule has 5 rings (SSSR count). The van der Waals surface area contributed by atoms with Gasteiger partial charge in [-0.05, 0) is 68.4 Å². The lowest BCUT2D eigenvalue weighted by Crippen LogP contribution is -2.33. The molecule has 3 aromatic rings. The normalized spacial score (nSPS) is 17.3. The smallest absolute Gasteiger partial charge is 0.254 e. The first-order valence-corrected chi connectivity index (χ1v) is 16.1. The van der Waals surface area contributed by atoms with E-state index in [0.717, 1.165) is 37.2 Å². The minimum atomic E-state index is -0.291. The maximum absolute atomic E-state index is 11.4. The molecule has 0 radical (unpaired) electrons. The number of rotatable bonds is 10. The largest absolute Gasteiger partial charge is 0.474 e. The van der Waals surface area contributed by atoms with Crippen LogP contribution in [0.1, 0.15) is 70.2 Å². The van der Waals surface area contributed by atoms with Crippen molar-refractivity contribution in [3.05, 3.63) is 53.4 Å². The van der Waals surface area contributed by atoms with Crippen LogP contribution in [0.4, 0.5) is 0 Å². The Morgan fingerprint density at radius 2 is 1.91 bits per heavy atom. The summed E-state index contributed by atoms with van der Waals surface area (Å²) in [4.78, 5) is 31.4. The van der Waals surface area contributed by atoms with Crippen LogP contribution in [0.5, 0.6) is 5.88 Å². The number of hydrogen-bond acceptors (Lipinski definition) is 9. The minimum absolute atomic E-state index is 0.0455. The van der Waals surface area contributed by atoms with Crippen molar-refractivity contribution in [2.45, 2.75) is 71.9 Å². The van der Waals surface area contributed by atoms with Gasteiger partial charge in [-0.25, -0.2) is 4.98 Å². The van der Waals surface area contributed by atoms with E-state index in [0.29, 0.717) is 31.4 Å². The van der Waals surface area contributed by atoms with E-state index < -0.39 is 0 Å². The monoisotopic (exact) mass is 613 g/mol. The molecular weight excluding hydrogens is 566 g/mol.